The Morgan fingerprint density at radius 3 is 2.79 bits per heavy atom. The molecule has 0 bridgehead atoms. The number of hydrogen-bond donors (Lipinski definition) is 3. The molecule has 0 saturated carbocycles. The fourth-order valence-corrected chi connectivity index (χ4v) is 3.03. The van der Waals surface area contributed by atoms with Crippen LogP contribution in [-0.2, 0) is 0 Å². The van der Waals surface area contributed by atoms with Crippen LogP contribution in [0.1, 0.15) is 23.0 Å². The minimum Gasteiger partial charge on any atom is -0.339 e. The average molecular weight is 438 g/mol. The summed E-state index contributed by atoms with van der Waals surface area (Å²) in [6, 6.07) is 14.4. The molecule has 33 heavy (non-hydrogen) atoms. The van der Waals surface area contributed by atoms with Gasteiger partial charge in [0.15, 0.2) is 23.1 Å². The van der Waals surface area contributed by atoms with E-state index in [0.717, 1.165) is 28.6 Å². The molecule has 0 spiro atoms. The number of fused-ring (bicyclic) bond motifs is 1. The minimum atomic E-state index is -0.329. The SMILES string of the molecule is CC(=O)c1ccc(-n2cnc3cc(Nc4ccc(C)nn4)ccc32)nc1N/N=C\C(=N)C#N. The highest BCUT2D eigenvalue weighted by Crippen LogP contribution is 2.24. The molecule has 3 N–H and O–H groups in total. The highest BCUT2D eigenvalue weighted by Gasteiger charge is 2.13. The predicted octanol–water partition coefficient (Wildman–Crippen LogP) is 3.41. The van der Waals surface area contributed by atoms with Crippen molar-refractivity contribution in [3.8, 4) is 11.9 Å². The number of aryl methyl sites for hydroxylation is 1. The summed E-state index contributed by atoms with van der Waals surface area (Å²) in [5.74, 6) is 1.15. The third kappa shape index (κ3) is 4.70. The van der Waals surface area contributed by atoms with Gasteiger partial charge in [0.2, 0.25) is 0 Å². The van der Waals surface area contributed by atoms with Crippen LogP contribution < -0.4 is 10.7 Å². The number of nitrogens with zero attached hydrogens (tertiary/aromatic N) is 7. The van der Waals surface area contributed by atoms with E-state index in [1.807, 2.05) is 37.3 Å². The number of Topliss-reactive ketones (excluding diaryl/α,β-unsaturated/α-hetero) is 1. The molecule has 0 radical (unpaired) electrons. The third-order valence-corrected chi connectivity index (χ3v) is 4.61. The van der Waals surface area contributed by atoms with Crippen molar-refractivity contribution >= 4 is 46.1 Å². The van der Waals surface area contributed by atoms with Gasteiger partial charge in [0.1, 0.15) is 18.2 Å². The lowest BCUT2D eigenvalue weighted by Crippen LogP contribution is -2.07. The van der Waals surface area contributed by atoms with Gasteiger partial charge in [0, 0.05) is 5.69 Å². The molecule has 3 aromatic heterocycles. The average Bonchev–Trinajstić information content (AvgIpc) is 3.23. The van der Waals surface area contributed by atoms with E-state index in [2.05, 4.69) is 36.0 Å². The third-order valence-electron chi connectivity index (χ3n) is 4.61. The van der Waals surface area contributed by atoms with Crippen LogP contribution in [0.5, 0.6) is 0 Å². The maximum Gasteiger partial charge on any atom is 0.163 e. The Morgan fingerprint density at radius 2 is 2.06 bits per heavy atom. The van der Waals surface area contributed by atoms with Crippen LogP contribution in [0.3, 0.4) is 0 Å². The first-order valence-corrected chi connectivity index (χ1v) is 9.79. The Labute approximate surface area is 188 Å². The van der Waals surface area contributed by atoms with Crippen LogP contribution in [0.4, 0.5) is 17.3 Å². The van der Waals surface area contributed by atoms with E-state index >= 15 is 0 Å². The van der Waals surface area contributed by atoms with Crippen molar-refractivity contribution in [2.45, 2.75) is 13.8 Å². The molecule has 0 atom stereocenters. The molecule has 4 aromatic rings. The summed E-state index contributed by atoms with van der Waals surface area (Å²) >= 11 is 0. The van der Waals surface area contributed by atoms with Crippen molar-refractivity contribution in [2.75, 3.05) is 10.7 Å². The Balaban J connectivity index is 1.65. The smallest absolute Gasteiger partial charge is 0.163 e. The molecule has 3 heterocycles. The van der Waals surface area contributed by atoms with E-state index in [4.69, 9.17) is 10.7 Å². The van der Waals surface area contributed by atoms with Gasteiger partial charge in [0.05, 0.1) is 28.5 Å². The minimum absolute atomic E-state index is 0.201. The largest absolute Gasteiger partial charge is 0.339 e. The maximum absolute atomic E-state index is 12.0. The van der Waals surface area contributed by atoms with Gasteiger partial charge in [-0.05, 0) is 56.3 Å². The number of rotatable bonds is 7. The summed E-state index contributed by atoms with van der Waals surface area (Å²) < 4.78 is 1.78. The number of carbonyl (C=O) groups excluding carboxylic acids is 1. The van der Waals surface area contributed by atoms with Gasteiger partial charge in [-0.1, -0.05) is 0 Å². The van der Waals surface area contributed by atoms with E-state index in [-0.39, 0.29) is 17.3 Å². The van der Waals surface area contributed by atoms with Crippen molar-refractivity contribution < 1.29 is 4.79 Å². The van der Waals surface area contributed by atoms with Gasteiger partial charge >= 0.3 is 0 Å². The normalized spacial score (nSPS) is 10.8. The topological polar surface area (TPSA) is 158 Å². The molecule has 11 nitrogen and oxygen atoms in total. The van der Waals surface area contributed by atoms with Gasteiger partial charge in [-0.15, -0.1) is 5.10 Å². The number of imidazole rings is 1. The summed E-state index contributed by atoms with van der Waals surface area (Å²) in [6.07, 6.45) is 2.67. The van der Waals surface area contributed by atoms with E-state index in [1.54, 1.807) is 29.1 Å². The van der Waals surface area contributed by atoms with Crippen molar-refractivity contribution in [2.24, 2.45) is 5.10 Å². The number of nitrogens with one attached hydrogen (secondary N) is 3. The van der Waals surface area contributed by atoms with Crippen LogP contribution in [0, 0.1) is 23.7 Å². The summed E-state index contributed by atoms with van der Waals surface area (Å²) in [5.41, 5.74) is 5.81. The van der Waals surface area contributed by atoms with Crippen LogP contribution in [-0.4, -0.2) is 42.4 Å². The Bertz CT molecular complexity index is 1430. The zero-order chi connectivity index (χ0) is 23.4. The van der Waals surface area contributed by atoms with Gasteiger partial charge in [-0.2, -0.15) is 15.5 Å². The summed E-state index contributed by atoms with van der Waals surface area (Å²) in [6.45, 7) is 3.29. The number of hydrogen-bond acceptors (Lipinski definition) is 10. The van der Waals surface area contributed by atoms with Crippen LogP contribution in [0.15, 0.2) is 53.9 Å². The van der Waals surface area contributed by atoms with Crippen molar-refractivity contribution in [1.82, 2.24) is 24.7 Å². The molecular weight excluding hydrogens is 420 g/mol. The Morgan fingerprint density at radius 1 is 1.21 bits per heavy atom. The molecular formula is C22H18N10O. The highest BCUT2D eigenvalue weighted by molar-refractivity contribution is 6.36. The maximum atomic E-state index is 12.0. The van der Waals surface area contributed by atoms with E-state index in [0.29, 0.717) is 17.2 Å². The molecule has 1 aromatic carbocycles. The number of carbonyl (C=O) groups is 1. The van der Waals surface area contributed by atoms with Crippen LogP contribution >= 0.6 is 0 Å². The van der Waals surface area contributed by atoms with Crippen molar-refractivity contribution in [3.63, 3.8) is 0 Å². The molecule has 0 fully saturated rings. The molecule has 0 amide bonds. The number of benzene rings is 1. The Hall–Kier alpha value is -4.98. The lowest BCUT2D eigenvalue weighted by molar-refractivity contribution is 0.101. The standard InChI is InChI=1S/C22H18N10O/c1-13-3-7-20(30-29-13)27-16-4-6-19-18(9-16)25-12-32(19)21-8-5-17(14(2)33)22(28-21)31-26-11-15(24)10-23/h3-9,11-12,24H,1-2H3,(H,27,30)(H,28,31)/b24-15?,26-11-. The van der Waals surface area contributed by atoms with Gasteiger partial charge in [-0.25, -0.2) is 9.97 Å². The molecule has 0 unspecified atom stereocenters. The second-order valence-corrected chi connectivity index (χ2v) is 7.02. The number of aromatic nitrogens is 5. The fourth-order valence-electron chi connectivity index (χ4n) is 3.03. The molecule has 0 aliphatic heterocycles. The van der Waals surface area contributed by atoms with E-state index in [9.17, 15) is 4.79 Å². The van der Waals surface area contributed by atoms with Gasteiger partial charge in [0.25, 0.3) is 0 Å². The number of hydrazone groups is 1. The quantitative estimate of drug-likeness (QED) is 0.225. The Kier molecular flexibility index (Phi) is 5.81. The first kappa shape index (κ1) is 21.3. The lowest BCUT2D eigenvalue weighted by atomic mass is 10.2. The van der Waals surface area contributed by atoms with Gasteiger partial charge < -0.3 is 5.32 Å². The summed E-state index contributed by atoms with van der Waals surface area (Å²) in [7, 11) is 0. The van der Waals surface area contributed by atoms with Crippen LogP contribution in [0.2, 0.25) is 0 Å². The van der Waals surface area contributed by atoms with E-state index in [1.165, 1.54) is 6.92 Å². The number of anilines is 3. The predicted molar refractivity (Wildman–Crippen MR) is 124 cm³/mol. The summed E-state index contributed by atoms with van der Waals surface area (Å²) in [4.78, 5) is 20.9. The van der Waals surface area contributed by atoms with E-state index < -0.39 is 0 Å². The zero-order valence-corrected chi connectivity index (χ0v) is 17.7. The molecule has 0 saturated heterocycles. The number of nitriles is 1. The summed E-state index contributed by atoms with van der Waals surface area (Å²) in [5, 5.41) is 31.2. The first-order chi connectivity index (χ1) is 15.9. The monoisotopic (exact) mass is 438 g/mol. The second kappa shape index (κ2) is 9.03. The molecule has 0 aliphatic carbocycles. The fraction of sp³-hybridized carbons (Fsp3) is 0.0909. The van der Waals surface area contributed by atoms with Crippen molar-refractivity contribution in [1.29, 1.82) is 10.7 Å². The number of pyridine rings is 1. The molecule has 0 aliphatic rings. The molecule has 4 rings (SSSR count). The first-order valence-electron chi connectivity index (χ1n) is 9.79. The van der Waals surface area contributed by atoms with Crippen molar-refractivity contribution in [3.05, 3.63) is 60.0 Å². The lowest BCUT2D eigenvalue weighted by Gasteiger charge is -2.10. The second-order valence-electron chi connectivity index (χ2n) is 7.02. The zero-order valence-electron chi connectivity index (χ0n) is 17.7. The molecule has 162 valence electrons. The van der Waals surface area contributed by atoms with Crippen LogP contribution in [0.25, 0.3) is 16.9 Å². The molecule has 11 heteroatoms. The number of ketones is 1. The highest BCUT2D eigenvalue weighted by atomic mass is 16.1. The van der Waals surface area contributed by atoms with Gasteiger partial charge in [-0.3, -0.25) is 20.2 Å².